The van der Waals surface area contributed by atoms with Crippen molar-refractivity contribution < 1.29 is 28.6 Å². The maximum atomic E-state index is 14.1. The molecule has 8 heteroatoms. The van der Waals surface area contributed by atoms with Crippen molar-refractivity contribution in [3.05, 3.63) is 59.4 Å². The summed E-state index contributed by atoms with van der Waals surface area (Å²) >= 11 is 0. The van der Waals surface area contributed by atoms with Gasteiger partial charge in [0.05, 0.1) is 18.5 Å². The van der Waals surface area contributed by atoms with Gasteiger partial charge in [0, 0.05) is 31.3 Å². The molecule has 1 saturated heterocycles. The zero-order valence-electron chi connectivity index (χ0n) is 13.6. The minimum absolute atomic E-state index is 0.0184. The molecule has 0 unspecified atom stereocenters. The second-order valence-electron chi connectivity index (χ2n) is 6.24. The van der Waals surface area contributed by atoms with Crippen molar-refractivity contribution in [3.63, 3.8) is 0 Å². The van der Waals surface area contributed by atoms with Crippen LogP contribution < -0.4 is 0 Å². The van der Waals surface area contributed by atoms with Gasteiger partial charge in [-0.3, -0.25) is 14.6 Å². The molecule has 6 nitrogen and oxygen atoms in total. The first kappa shape index (κ1) is 17.8. The predicted octanol–water partition coefficient (Wildman–Crippen LogP) is 1.93. The third-order valence-corrected chi connectivity index (χ3v) is 4.49. The van der Waals surface area contributed by atoms with Crippen molar-refractivity contribution in [3.8, 4) is 5.75 Å². The number of nitrogens with zero attached hydrogens (tertiary/aromatic N) is 2. The fourth-order valence-corrected chi connectivity index (χ4v) is 3.23. The van der Waals surface area contributed by atoms with Crippen LogP contribution in [0.1, 0.15) is 17.0 Å². The second-order valence-corrected chi connectivity index (χ2v) is 6.24. The molecule has 3 rings (SSSR count). The van der Waals surface area contributed by atoms with Crippen molar-refractivity contribution >= 4 is 11.9 Å². The number of carboxylic acid groups (broad SMARTS) is 1. The second kappa shape index (κ2) is 7.07. The zero-order valence-corrected chi connectivity index (χ0v) is 13.6. The van der Waals surface area contributed by atoms with E-state index in [2.05, 4.69) is 4.98 Å². The van der Waals surface area contributed by atoms with Crippen LogP contribution in [0.4, 0.5) is 8.78 Å². The van der Waals surface area contributed by atoms with Crippen molar-refractivity contribution in [2.24, 2.45) is 5.92 Å². The van der Waals surface area contributed by atoms with Gasteiger partial charge < -0.3 is 15.1 Å². The quantitative estimate of drug-likeness (QED) is 0.867. The topological polar surface area (TPSA) is 90.7 Å². The van der Waals surface area contributed by atoms with Gasteiger partial charge in [-0.1, -0.05) is 6.07 Å². The van der Waals surface area contributed by atoms with E-state index in [1.807, 2.05) is 0 Å². The number of carbonyl (C=O) groups excluding carboxylic acids is 1. The summed E-state index contributed by atoms with van der Waals surface area (Å²) in [6.45, 7) is -0.0491. The number of carbonyl (C=O) groups is 2. The summed E-state index contributed by atoms with van der Waals surface area (Å²) in [5.41, 5.74) is 0.561. The maximum Gasteiger partial charge on any atom is 0.308 e. The van der Waals surface area contributed by atoms with E-state index in [9.17, 15) is 28.6 Å². The summed E-state index contributed by atoms with van der Waals surface area (Å²) in [6, 6.07) is 4.39. The fourth-order valence-electron chi connectivity index (χ4n) is 3.23. The summed E-state index contributed by atoms with van der Waals surface area (Å²) < 4.78 is 27.2. The first-order valence-corrected chi connectivity index (χ1v) is 7.93. The summed E-state index contributed by atoms with van der Waals surface area (Å²) in [5, 5.41) is 18.9. The van der Waals surface area contributed by atoms with Gasteiger partial charge in [0.1, 0.15) is 17.4 Å². The van der Waals surface area contributed by atoms with E-state index in [1.165, 1.54) is 29.4 Å². The molecule has 0 bridgehead atoms. The normalized spacial score (nSPS) is 19.5. The molecule has 1 aromatic heterocycles. The van der Waals surface area contributed by atoms with Gasteiger partial charge in [-0.05, 0) is 23.3 Å². The molecule has 1 fully saturated rings. The lowest BCUT2D eigenvalue weighted by Crippen LogP contribution is -2.31. The van der Waals surface area contributed by atoms with E-state index in [4.69, 9.17) is 0 Å². The maximum absolute atomic E-state index is 14.1. The first-order chi connectivity index (χ1) is 12.3. The van der Waals surface area contributed by atoms with Gasteiger partial charge in [-0.25, -0.2) is 8.78 Å². The number of amides is 1. The smallest absolute Gasteiger partial charge is 0.308 e. The fraction of sp³-hybridized carbons (Fsp3) is 0.278. The highest BCUT2D eigenvalue weighted by Gasteiger charge is 2.41. The van der Waals surface area contributed by atoms with Gasteiger partial charge in [-0.15, -0.1) is 0 Å². The van der Waals surface area contributed by atoms with E-state index in [1.54, 1.807) is 0 Å². The molecule has 2 atom stereocenters. The number of rotatable bonds is 4. The number of halogens is 2. The van der Waals surface area contributed by atoms with E-state index in [0.717, 1.165) is 6.07 Å². The average molecular weight is 362 g/mol. The molecule has 1 amide bonds. The zero-order chi connectivity index (χ0) is 18.8. The molecule has 0 saturated carbocycles. The van der Waals surface area contributed by atoms with Crippen LogP contribution in [0.25, 0.3) is 0 Å². The molecular formula is C18H16F2N2O4. The van der Waals surface area contributed by atoms with E-state index < -0.39 is 29.4 Å². The minimum atomic E-state index is -1.15. The Morgan fingerprint density at radius 3 is 2.62 bits per heavy atom. The molecule has 136 valence electrons. The highest BCUT2D eigenvalue weighted by atomic mass is 19.1. The standard InChI is InChI=1S/C18H16F2N2O4/c19-11-1-2-13(16(20)5-11)14-8-22(9-15(14)18(25)26)17(24)4-10-3-12(23)7-21-6-10/h1-3,5-7,14-15,23H,4,8-9H2,(H,25,26)/t14-,15+/m0/s1. The Balaban J connectivity index is 1.80. The Morgan fingerprint density at radius 1 is 1.19 bits per heavy atom. The van der Waals surface area contributed by atoms with Crippen molar-refractivity contribution in [2.75, 3.05) is 13.1 Å². The molecule has 2 N–H and O–H groups in total. The summed E-state index contributed by atoms with van der Waals surface area (Å²) in [7, 11) is 0. The molecule has 26 heavy (non-hydrogen) atoms. The molecule has 1 aromatic carbocycles. The SMILES string of the molecule is O=C(O)[C@@H]1CN(C(=O)Cc2cncc(O)c2)C[C@H]1c1ccc(F)cc1F. The lowest BCUT2D eigenvalue weighted by Gasteiger charge is -2.17. The molecule has 0 radical (unpaired) electrons. The molecular weight excluding hydrogens is 346 g/mol. The Morgan fingerprint density at radius 2 is 1.96 bits per heavy atom. The van der Waals surface area contributed by atoms with Crippen LogP contribution in [0.15, 0.2) is 36.7 Å². The van der Waals surface area contributed by atoms with E-state index in [-0.39, 0.29) is 36.7 Å². The molecule has 2 heterocycles. The number of carboxylic acids is 1. The average Bonchev–Trinajstić information content (AvgIpc) is 3.00. The van der Waals surface area contributed by atoms with Crippen LogP contribution in [-0.2, 0) is 16.0 Å². The van der Waals surface area contributed by atoms with Crippen LogP contribution in [0.2, 0.25) is 0 Å². The summed E-state index contributed by atoms with van der Waals surface area (Å²) in [6.07, 6.45) is 2.60. The number of benzene rings is 1. The third kappa shape index (κ3) is 3.63. The number of aliphatic carboxylic acids is 1. The number of aromatic nitrogens is 1. The number of hydrogen-bond acceptors (Lipinski definition) is 4. The number of pyridine rings is 1. The van der Waals surface area contributed by atoms with Gasteiger partial charge in [0.25, 0.3) is 0 Å². The molecule has 0 spiro atoms. The number of aromatic hydroxyl groups is 1. The monoisotopic (exact) mass is 362 g/mol. The van der Waals surface area contributed by atoms with Crippen LogP contribution in [0, 0.1) is 17.6 Å². The lowest BCUT2D eigenvalue weighted by molar-refractivity contribution is -0.141. The van der Waals surface area contributed by atoms with Crippen molar-refractivity contribution in [2.45, 2.75) is 12.3 Å². The third-order valence-electron chi connectivity index (χ3n) is 4.49. The lowest BCUT2D eigenvalue weighted by atomic mass is 9.88. The van der Waals surface area contributed by atoms with Crippen LogP contribution >= 0.6 is 0 Å². The number of hydrogen-bond donors (Lipinski definition) is 2. The molecule has 0 aliphatic carbocycles. The van der Waals surface area contributed by atoms with E-state index in [0.29, 0.717) is 11.6 Å². The van der Waals surface area contributed by atoms with E-state index >= 15 is 0 Å². The highest BCUT2D eigenvalue weighted by molar-refractivity contribution is 5.81. The largest absolute Gasteiger partial charge is 0.506 e. The van der Waals surface area contributed by atoms with Gasteiger partial charge in [0.15, 0.2) is 0 Å². The molecule has 1 aliphatic heterocycles. The Hall–Kier alpha value is -3.03. The van der Waals surface area contributed by atoms with Crippen LogP contribution in [0.3, 0.4) is 0 Å². The first-order valence-electron chi connectivity index (χ1n) is 7.93. The van der Waals surface area contributed by atoms with Crippen LogP contribution in [-0.4, -0.2) is 45.1 Å². The van der Waals surface area contributed by atoms with Crippen molar-refractivity contribution in [1.29, 1.82) is 0 Å². The Bertz CT molecular complexity index is 859. The van der Waals surface area contributed by atoms with Gasteiger partial charge in [-0.2, -0.15) is 0 Å². The Labute approximate surface area is 147 Å². The van der Waals surface area contributed by atoms with Gasteiger partial charge in [0.2, 0.25) is 5.91 Å². The molecule has 1 aliphatic rings. The molecule has 2 aromatic rings. The summed E-state index contributed by atoms with van der Waals surface area (Å²) in [4.78, 5) is 29.2. The van der Waals surface area contributed by atoms with Gasteiger partial charge >= 0.3 is 5.97 Å². The van der Waals surface area contributed by atoms with Crippen LogP contribution in [0.5, 0.6) is 5.75 Å². The summed E-state index contributed by atoms with van der Waals surface area (Å²) in [5.74, 6) is -4.90. The minimum Gasteiger partial charge on any atom is -0.506 e. The number of likely N-dealkylation sites (tertiary alicyclic amines) is 1. The highest BCUT2D eigenvalue weighted by Crippen LogP contribution is 2.35. The Kier molecular flexibility index (Phi) is 4.83. The van der Waals surface area contributed by atoms with Crippen molar-refractivity contribution in [1.82, 2.24) is 9.88 Å². The predicted molar refractivity (Wildman–Crippen MR) is 86.4 cm³/mol.